The summed E-state index contributed by atoms with van der Waals surface area (Å²) >= 11 is 0. The second-order valence-electron chi connectivity index (χ2n) is 4.74. The molecule has 0 heterocycles. The lowest BCUT2D eigenvalue weighted by Gasteiger charge is -2.14. The first kappa shape index (κ1) is 14.1. The fourth-order valence-electron chi connectivity index (χ4n) is 2.35. The molecule has 0 unspecified atom stereocenters. The number of methoxy groups -OCH3 is 1. The maximum Gasteiger partial charge on any atom is 0.337 e. The number of rotatable bonds is 4. The third-order valence-corrected chi connectivity index (χ3v) is 3.33. The molecule has 20 heavy (non-hydrogen) atoms. The summed E-state index contributed by atoms with van der Waals surface area (Å²) in [6.07, 6.45) is 0.772. The van der Waals surface area contributed by atoms with Crippen LogP contribution < -0.4 is 0 Å². The lowest BCUT2D eigenvalue weighted by Crippen LogP contribution is -2.07. The molecular weight excluding hydrogens is 248 g/mol. The number of ether oxygens (including phenoxy) is 1. The Labute approximate surface area is 119 Å². The first-order chi connectivity index (χ1) is 9.63. The Kier molecular flexibility index (Phi) is 4.36. The van der Waals surface area contributed by atoms with Crippen LogP contribution in [-0.4, -0.2) is 13.1 Å². The molecule has 0 aromatic heterocycles. The Balaban J connectivity index is 2.41. The van der Waals surface area contributed by atoms with Gasteiger partial charge >= 0.3 is 5.97 Å². The van der Waals surface area contributed by atoms with Crippen molar-refractivity contribution in [2.24, 2.45) is 0 Å². The van der Waals surface area contributed by atoms with Gasteiger partial charge in [-0.15, -0.1) is 0 Å². The van der Waals surface area contributed by atoms with E-state index >= 15 is 0 Å². The summed E-state index contributed by atoms with van der Waals surface area (Å²) in [7, 11) is 1.38. The minimum Gasteiger partial charge on any atom is -0.465 e. The summed E-state index contributed by atoms with van der Waals surface area (Å²) in [5.74, 6) is -0.381. The number of carbonyl (C=O) groups excluding carboxylic acids is 1. The van der Waals surface area contributed by atoms with Gasteiger partial charge in [-0.05, 0) is 35.6 Å². The maximum absolute atomic E-state index is 11.7. The van der Waals surface area contributed by atoms with E-state index in [1.165, 1.54) is 12.7 Å². The molecule has 0 atom stereocenters. The SMILES string of the molecule is C=C(C(=O)OC)c1c(C)cccc1Cc1ccccc1. The van der Waals surface area contributed by atoms with Gasteiger partial charge in [0.05, 0.1) is 12.7 Å². The fourth-order valence-corrected chi connectivity index (χ4v) is 2.35. The third-order valence-electron chi connectivity index (χ3n) is 3.33. The second-order valence-corrected chi connectivity index (χ2v) is 4.74. The molecule has 102 valence electrons. The molecule has 0 N–H and O–H groups in total. The lowest BCUT2D eigenvalue weighted by atomic mass is 9.92. The van der Waals surface area contributed by atoms with Gasteiger partial charge in [-0.3, -0.25) is 0 Å². The van der Waals surface area contributed by atoms with Crippen LogP contribution in [0.15, 0.2) is 55.1 Å². The number of hydrogen-bond donors (Lipinski definition) is 0. The normalized spacial score (nSPS) is 10.1. The first-order valence-electron chi connectivity index (χ1n) is 6.53. The molecule has 2 aromatic rings. The van der Waals surface area contributed by atoms with E-state index in [0.717, 1.165) is 23.1 Å². The zero-order valence-corrected chi connectivity index (χ0v) is 11.8. The topological polar surface area (TPSA) is 26.3 Å². The Morgan fingerprint density at radius 3 is 2.45 bits per heavy atom. The van der Waals surface area contributed by atoms with Gasteiger partial charge in [-0.25, -0.2) is 4.79 Å². The van der Waals surface area contributed by atoms with Crippen molar-refractivity contribution >= 4 is 11.5 Å². The minimum absolute atomic E-state index is 0.381. The van der Waals surface area contributed by atoms with Crippen molar-refractivity contribution in [1.82, 2.24) is 0 Å². The predicted octanol–water partition coefficient (Wildman–Crippen LogP) is 3.77. The number of esters is 1. The molecule has 0 spiro atoms. The highest BCUT2D eigenvalue weighted by Crippen LogP contribution is 2.25. The molecule has 0 aliphatic heterocycles. The zero-order valence-electron chi connectivity index (χ0n) is 11.8. The van der Waals surface area contributed by atoms with E-state index in [-0.39, 0.29) is 5.97 Å². The molecule has 0 saturated carbocycles. The van der Waals surface area contributed by atoms with E-state index in [2.05, 4.69) is 18.7 Å². The van der Waals surface area contributed by atoms with E-state index < -0.39 is 0 Å². The Morgan fingerprint density at radius 1 is 1.10 bits per heavy atom. The van der Waals surface area contributed by atoms with Gasteiger partial charge in [0.25, 0.3) is 0 Å². The Morgan fingerprint density at radius 2 is 1.80 bits per heavy atom. The average molecular weight is 266 g/mol. The second kappa shape index (κ2) is 6.20. The standard InChI is InChI=1S/C18H18O2/c1-13-8-7-11-16(12-15-9-5-4-6-10-15)17(13)14(2)18(19)20-3/h4-11H,2,12H2,1,3H3. The summed E-state index contributed by atoms with van der Waals surface area (Å²) in [4.78, 5) is 11.7. The van der Waals surface area contributed by atoms with Crippen LogP contribution in [0.1, 0.15) is 22.3 Å². The quantitative estimate of drug-likeness (QED) is 0.622. The van der Waals surface area contributed by atoms with Gasteiger partial charge in [0, 0.05) is 0 Å². The van der Waals surface area contributed by atoms with E-state index in [0.29, 0.717) is 5.57 Å². The lowest BCUT2D eigenvalue weighted by molar-refractivity contribution is -0.133. The first-order valence-corrected chi connectivity index (χ1v) is 6.53. The van der Waals surface area contributed by atoms with Crippen molar-refractivity contribution in [3.8, 4) is 0 Å². The van der Waals surface area contributed by atoms with Crippen LogP contribution in [-0.2, 0) is 16.0 Å². The van der Waals surface area contributed by atoms with Gasteiger partial charge in [0.1, 0.15) is 0 Å². The van der Waals surface area contributed by atoms with E-state index in [1.807, 2.05) is 43.3 Å². The molecule has 0 amide bonds. The minimum atomic E-state index is -0.381. The van der Waals surface area contributed by atoms with Crippen molar-refractivity contribution < 1.29 is 9.53 Å². The molecule has 0 radical (unpaired) electrons. The summed E-state index contributed by atoms with van der Waals surface area (Å²) in [6.45, 7) is 5.87. The van der Waals surface area contributed by atoms with Gasteiger partial charge in [0.2, 0.25) is 0 Å². The van der Waals surface area contributed by atoms with Crippen LogP contribution in [0, 0.1) is 6.92 Å². The molecule has 0 aliphatic carbocycles. The van der Waals surface area contributed by atoms with Crippen LogP contribution in [0.3, 0.4) is 0 Å². The maximum atomic E-state index is 11.7. The predicted molar refractivity (Wildman–Crippen MR) is 81.5 cm³/mol. The Hall–Kier alpha value is -2.35. The summed E-state index contributed by atoms with van der Waals surface area (Å²) < 4.78 is 4.79. The highest BCUT2D eigenvalue weighted by Gasteiger charge is 2.16. The van der Waals surface area contributed by atoms with Crippen LogP contribution in [0.5, 0.6) is 0 Å². The van der Waals surface area contributed by atoms with Crippen molar-refractivity contribution in [3.05, 3.63) is 77.4 Å². The van der Waals surface area contributed by atoms with Crippen molar-refractivity contribution in [2.45, 2.75) is 13.3 Å². The molecule has 2 heteroatoms. The molecule has 0 bridgehead atoms. The number of aryl methyl sites for hydroxylation is 1. The van der Waals surface area contributed by atoms with Crippen LogP contribution in [0.25, 0.3) is 5.57 Å². The van der Waals surface area contributed by atoms with Gasteiger partial charge in [-0.1, -0.05) is 55.1 Å². The highest BCUT2D eigenvalue weighted by molar-refractivity contribution is 6.16. The van der Waals surface area contributed by atoms with Gasteiger partial charge in [-0.2, -0.15) is 0 Å². The van der Waals surface area contributed by atoms with E-state index in [9.17, 15) is 4.79 Å². The summed E-state index contributed by atoms with van der Waals surface area (Å²) in [6, 6.07) is 16.2. The average Bonchev–Trinajstić information content (AvgIpc) is 2.47. The number of carbonyl (C=O) groups is 1. The fraction of sp³-hybridized carbons (Fsp3) is 0.167. The number of benzene rings is 2. The molecule has 0 aliphatic rings. The highest BCUT2D eigenvalue weighted by atomic mass is 16.5. The summed E-state index contributed by atoms with van der Waals surface area (Å²) in [5.41, 5.74) is 4.64. The van der Waals surface area contributed by atoms with Crippen molar-refractivity contribution in [2.75, 3.05) is 7.11 Å². The van der Waals surface area contributed by atoms with Gasteiger partial charge in [0.15, 0.2) is 0 Å². The monoisotopic (exact) mass is 266 g/mol. The van der Waals surface area contributed by atoms with Crippen LogP contribution >= 0.6 is 0 Å². The molecule has 2 nitrogen and oxygen atoms in total. The van der Waals surface area contributed by atoms with Crippen LogP contribution in [0.4, 0.5) is 0 Å². The molecule has 0 saturated heterocycles. The largest absolute Gasteiger partial charge is 0.465 e. The van der Waals surface area contributed by atoms with Crippen LogP contribution in [0.2, 0.25) is 0 Å². The van der Waals surface area contributed by atoms with Crippen molar-refractivity contribution in [3.63, 3.8) is 0 Å². The molecule has 2 aromatic carbocycles. The Bertz CT molecular complexity index is 627. The summed E-state index contributed by atoms with van der Waals surface area (Å²) in [5, 5.41) is 0. The zero-order chi connectivity index (χ0) is 14.5. The van der Waals surface area contributed by atoms with Gasteiger partial charge < -0.3 is 4.74 Å². The number of hydrogen-bond acceptors (Lipinski definition) is 2. The molecule has 0 fully saturated rings. The third kappa shape index (κ3) is 2.97. The molecule has 2 rings (SSSR count). The van der Waals surface area contributed by atoms with Crippen molar-refractivity contribution in [1.29, 1.82) is 0 Å². The smallest absolute Gasteiger partial charge is 0.337 e. The molecular formula is C18H18O2. The van der Waals surface area contributed by atoms with E-state index in [1.54, 1.807) is 0 Å². The van der Waals surface area contributed by atoms with E-state index in [4.69, 9.17) is 4.74 Å².